The molecule has 1 amide bonds. The maximum Gasteiger partial charge on any atom is 0.229 e. The van der Waals surface area contributed by atoms with Gasteiger partial charge in [-0.3, -0.25) is 4.79 Å². The first kappa shape index (κ1) is 14.1. The van der Waals surface area contributed by atoms with Crippen molar-refractivity contribution in [3.05, 3.63) is 24.0 Å². The Bertz CT molecular complexity index is 657. The Hall–Kier alpha value is -1.88. The number of nitrogens with zero attached hydrogens (tertiary/aromatic N) is 2. The molecule has 0 saturated carbocycles. The second-order valence-electron chi connectivity index (χ2n) is 5.56. The van der Waals surface area contributed by atoms with Gasteiger partial charge >= 0.3 is 0 Å². The van der Waals surface area contributed by atoms with Gasteiger partial charge in [0.05, 0.1) is 23.6 Å². The second kappa shape index (κ2) is 5.85. The van der Waals surface area contributed by atoms with Crippen LogP contribution in [-0.4, -0.2) is 28.7 Å². The maximum atomic E-state index is 12.1. The van der Waals surface area contributed by atoms with Gasteiger partial charge in [-0.05, 0) is 38.0 Å². The molecule has 5 heteroatoms. The fourth-order valence-electron chi connectivity index (χ4n) is 2.82. The van der Waals surface area contributed by atoms with Crippen molar-refractivity contribution in [2.75, 3.05) is 18.5 Å². The average molecular weight is 287 g/mol. The molecular weight excluding hydrogens is 266 g/mol. The molecule has 112 valence electrons. The van der Waals surface area contributed by atoms with Crippen molar-refractivity contribution in [1.29, 1.82) is 0 Å². The minimum atomic E-state index is -0.0277. The van der Waals surface area contributed by atoms with E-state index < -0.39 is 0 Å². The van der Waals surface area contributed by atoms with Crippen molar-refractivity contribution in [2.24, 2.45) is 5.92 Å². The highest BCUT2D eigenvalue weighted by atomic mass is 16.5. The van der Waals surface area contributed by atoms with Crippen LogP contribution < -0.4 is 5.32 Å². The molecule has 5 nitrogen and oxygen atoms in total. The molecule has 1 aliphatic rings. The van der Waals surface area contributed by atoms with Gasteiger partial charge in [0.2, 0.25) is 5.91 Å². The van der Waals surface area contributed by atoms with E-state index in [2.05, 4.69) is 21.8 Å². The molecule has 2 heterocycles. The summed E-state index contributed by atoms with van der Waals surface area (Å²) in [6.45, 7) is 6.34. The number of amides is 1. The molecule has 21 heavy (non-hydrogen) atoms. The Morgan fingerprint density at radius 3 is 3.10 bits per heavy atom. The van der Waals surface area contributed by atoms with Gasteiger partial charge in [-0.1, -0.05) is 6.92 Å². The van der Waals surface area contributed by atoms with Crippen LogP contribution in [-0.2, 0) is 16.1 Å². The smallest absolute Gasteiger partial charge is 0.229 e. The summed E-state index contributed by atoms with van der Waals surface area (Å²) in [4.78, 5) is 16.7. The Balaban J connectivity index is 1.82. The van der Waals surface area contributed by atoms with Crippen LogP contribution >= 0.6 is 0 Å². The summed E-state index contributed by atoms with van der Waals surface area (Å²) in [6, 6.07) is 5.93. The van der Waals surface area contributed by atoms with Gasteiger partial charge in [-0.2, -0.15) is 0 Å². The van der Waals surface area contributed by atoms with Crippen molar-refractivity contribution in [3.63, 3.8) is 0 Å². The molecule has 1 N–H and O–H groups in total. The van der Waals surface area contributed by atoms with Crippen LogP contribution in [0.3, 0.4) is 0 Å². The predicted molar refractivity (Wildman–Crippen MR) is 82.3 cm³/mol. The molecule has 0 aliphatic carbocycles. The lowest BCUT2D eigenvalue weighted by Gasteiger charge is -2.09. The number of imidazole rings is 1. The van der Waals surface area contributed by atoms with Gasteiger partial charge in [0.15, 0.2) is 0 Å². The summed E-state index contributed by atoms with van der Waals surface area (Å²) in [7, 11) is 0. The van der Waals surface area contributed by atoms with Crippen LogP contribution in [0, 0.1) is 12.8 Å². The van der Waals surface area contributed by atoms with Crippen LogP contribution in [0.4, 0.5) is 5.69 Å². The monoisotopic (exact) mass is 287 g/mol. The van der Waals surface area contributed by atoms with Crippen molar-refractivity contribution in [2.45, 2.75) is 33.2 Å². The summed E-state index contributed by atoms with van der Waals surface area (Å²) in [6.07, 6.45) is 1.88. The van der Waals surface area contributed by atoms with Gasteiger partial charge in [0, 0.05) is 18.8 Å². The van der Waals surface area contributed by atoms with E-state index in [0.717, 1.165) is 41.9 Å². The third kappa shape index (κ3) is 2.78. The second-order valence-corrected chi connectivity index (χ2v) is 5.56. The minimum absolute atomic E-state index is 0.0277. The van der Waals surface area contributed by atoms with E-state index >= 15 is 0 Å². The Morgan fingerprint density at radius 1 is 1.52 bits per heavy atom. The van der Waals surface area contributed by atoms with E-state index in [-0.39, 0.29) is 11.8 Å². The fraction of sp³-hybridized carbons (Fsp3) is 0.500. The number of aromatic nitrogens is 2. The predicted octanol–water partition coefficient (Wildman–Crippen LogP) is 2.73. The molecule has 2 aromatic rings. The van der Waals surface area contributed by atoms with Gasteiger partial charge in [-0.15, -0.1) is 0 Å². The topological polar surface area (TPSA) is 56.2 Å². The van der Waals surface area contributed by atoms with Crippen molar-refractivity contribution in [3.8, 4) is 0 Å². The van der Waals surface area contributed by atoms with Crippen molar-refractivity contribution in [1.82, 2.24) is 9.55 Å². The maximum absolute atomic E-state index is 12.1. The Labute approximate surface area is 124 Å². The number of rotatable bonds is 4. The lowest BCUT2D eigenvalue weighted by molar-refractivity contribution is -0.119. The highest BCUT2D eigenvalue weighted by molar-refractivity contribution is 5.94. The zero-order chi connectivity index (χ0) is 14.8. The fourth-order valence-corrected chi connectivity index (χ4v) is 2.82. The summed E-state index contributed by atoms with van der Waals surface area (Å²) >= 11 is 0. The first-order valence-corrected chi connectivity index (χ1v) is 7.54. The largest absolute Gasteiger partial charge is 0.381 e. The number of hydrogen-bond donors (Lipinski definition) is 1. The molecule has 1 aromatic heterocycles. The third-order valence-corrected chi connectivity index (χ3v) is 3.95. The lowest BCUT2D eigenvalue weighted by atomic mass is 10.1. The standard InChI is InChI=1S/C16H21N3O2/c1-3-7-19-11(2)17-14-9-13(4-5-15(14)19)18-16(20)12-6-8-21-10-12/h4-5,9,12H,3,6-8,10H2,1-2H3,(H,18,20). The van der Waals surface area contributed by atoms with Crippen LogP contribution in [0.1, 0.15) is 25.6 Å². The number of carbonyl (C=O) groups is 1. The zero-order valence-electron chi connectivity index (χ0n) is 12.6. The molecule has 3 rings (SSSR count). The number of carbonyl (C=O) groups excluding carboxylic acids is 1. The number of benzene rings is 1. The molecule has 0 bridgehead atoms. The molecular formula is C16H21N3O2. The number of nitrogens with one attached hydrogen (secondary N) is 1. The average Bonchev–Trinajstić information content (AvgIpc) is 3.08. The van der Waals surface area contributed by atoms with Crippen molar-refractivity contribution >= 4 is 22.6 Å². The highest BCUT2D eigenvalue weighted by Gasteiger charge is 2.23. The SMILES string of the molecule is CCCn1c(C)nc2cc(NC(=O)C3CCOC3)ccc21. The highest BCUT2D eigenvalue weighted by Crippen LogP contribution is 2.22. The van der Waals surface area contributed by atoms with Crippen LogP contribution in [0.25, 0.3) is 11.0 Å². The molecule has 1 atom stereocenters. The van der Waals surface area contributed by atoms with Gasteiger partial charge in [0.1, 0.15) is 5.82 Å². The molecule has 1 saturated heterocycles. The normalized spacial score (nSPS) is 18.3. The van der Waals surface area contributed by atoms with Gasteiger partial charge in [0.25, 0.3) is 0 Å². The summed E-state index contributed by atoms with van der Waals surface area (Å²) in [5.41, 5.74) is 2.86. The first-order valence-electron chi connectivity index (χ1n) is 7.54. The lowest BCUT2D eigenvalue weighted by Crippen LogP contribution is -2.22. The zero-order valence-corrected chi connectivity index (χ0v) is 12.6. The van der Waals surface area contributed by atoms with Crippen LogP contribution in [0.2, 0.25) is 0 Å². The van der Waals surface area contributed by atoms with Gasteiger partial charge < -0.3 is 14.6 Å². The molecule has 0 spiro atoms. The Morgan fingerprint density at radius 2 is 2.38 bits per heavy atom. The minimum Gasteiger partial charge on any atom is -0.381 e. The van der Waals surface area contributed by atoms with Crippen LogP contribution in [0.15, 0.2) is 18.2 Å². The summed E-state index contributed by atoms with van der Waals surface area (Å²) in [5, 5.41) is 2.97. The van der Waals surface area contributed by atoms with E-state index in [9.17, 15) is 4.79 Å². The first-order chi connectivity index (χ1) is 10.2. The number of aryl methyl sites for hydroxylation is 2. The number of fused-ring (bicyclic) bond motifs is 1. The molecule has 0 radical (unpaired) electrons. The molecule has 1 aliphatic heterocycles. The van der Waals surface area contributed by atoms with Crippen molar-refractivity contribution < 1.29 is 9.53 Å². The number of hydrogen-bond acceptors (Lipinski definition) is 3. The Kier molecular flexibility index (Phi) is 3.92. The van der Waals surface area contributed by atoms with Gasteiger partial charge in [-0.25, -0.2) is 4.98 Å². The van der Waals surface area contributed by atoms with E-state index in [1.165, 1.54) is 0 Å². The van der Waals surface area contributed by atoms with E-state index in [1.54, 1.807) is 0 Å². The summed E-state index contributed by atoms with van der Waals surface area (Å²) < 4.78 is 7.47. The van der Waals surface area contributed by atoms with E-state index in [4.69, 9.17) is 4.74 Å². The van der Waals surface area contributed by atoms with E-state index in [0.29, 0.717) is 13.2 Å². The number of ether oxygens (including phenoxy) is 1. The van der Waals surface area contributed by atoms with Crippen LogP contribution in [0.5, 0.6) is 0 Å². The summed E-state index contributed by atoms with van der Waals surface area (Å²) in [5.74, 6) is 1.02. The number of anilines is 1. The molecule has 1 fully saturated rings. The van der Waals surface area contributed by atoms with E-state index in [1.807, 2.05) is 25.1 Å². The molecule has 1 aromatic carbocycles. The third-order valence-electron chi connectivity index (χ3n) is 3.95. The molecule has 1 unspecified atom stereocenters. The quantitative estimate of drug-likeness (QED) is 0.940.